The summed E-state index contributed by atoms with van der Waals surface area (Å²) >= 11 is 0. The van der Waals surface area contributed by atoms with Crippen LogP contribution in [0.25, 0.3) is 0 Å². The summed E-state index contributed by atoms with van der Waals surface area (Å²) in [4.78, 5) is 14.5. The standard InChI is InChI=1S/C14H26N2O2/c1-2-11-6-7-16(12(9-11)10-15)14(17)13-5-3-4-8-18-13/h11-13H,2-10,15H2,1H3. The van der Waals surface area contributed by atoms with Gasteiger partial charge >= 0.3 is 0 Å². The van der Waals surface area contributed by atoms with Crippen LogP contribution in [0.3, 0.4) is 0 Å². The van der Waals surface area contributed by atoms with Crippen molar-refractivity contribution < 1.29 is 9.53 Å². The van der Waals surface area contributed by atoms with Gasteiger partial charge in [-0.05, 0) is 38.0 Å². The summed E-state index contributed by atoms with van der Waals surface area (Å²) in [6, 6.07) is 0.224. The molecule has 2 aliphatic rings. The molecule has 2 aliphatic heterocycles. The van der Waals surface area contributed by atoms with E-state index in [1.165, 1.54) is 6.42 Å². The van der Waals surface area contributed by atoms with Crippen LogP contribution in [0.4, 0.5) is 0 Å². The third-order valence-corrected chi connectivity index (χ3v) is 4.41. The second-order valence-electron chi connectivity index (χ2n) is 5.58. The van der Waals surface area contributed by atoms with Gasteiger partial charge in [-0.25, -0.2) is 0 Å². The van der Waals surface area contributed by atoms with Crippen LogP contribution in [0.5, 0.6) is 0 Å². The molecule has 0 aromatic carbocycles. The molecule has 2 N–H and O–H groups in total. The molecule has 0 radical (unpaired) electrons. The first-order valence-corrected chi connectivity index (χ1v) is 7.38. The van der Waals surface area contributed by atoms with Gasteiger partial charge in [0.15, 0.2) is 0 Å². The average molecular weight is 254 g/mol. The molecule has 3 unspecified atom stereocenters. The lowest BCUT2D eigenvalue weighted by Gasteiger charge is -2.40. The lowest BCUT2D eigenvalue weighted by atomic mass is 9.88. The Labute approximate surface area is 110 Å². The maximum Gasteiger partial charge on any atom is 0.251 e. The van der Waals surface area contributed by atoms with Crippen LogP contribution in [0.2, 0.25) is 0 Å². The van der Waals surface area contributed by atoms with Crippen molar-refractivity contribution in [3.8, 4) is 0 Å². The Morgan fingerprint density at radius 3 is 2.83 bits per heavy atom. The molecule has 0 aromatic heterocycles. The molecule has 104 valence electrons. The van der Waals surface area contributed by atoms with Gasteiger partial charge in [0.25, 0.3) is 5.91 Å². The van der Waals surface area contributed by atoms with Gasteiger partial charge in [0, 0.05) is 25.7 Å². The van der Waals surface area contributed by atoms with Gasteiger partial charge in [0.1, 0.15) is 6.10 Å². The molecule has 2 rings (SSSR count). The molecule has 18 heavy (non-hydrogen) atoms. The van der Waals surface area contributed by atoms with E-state index in [2.05, 4.69) is 6.92 Å². The van der Waals surface area contributed by atoms with Crippen LogP contribution in [0, 0.1) is 5.92 Å². The van der Waals surface area contributed by atoms with Gasteiger partial charge in [-0.15, -0.1) is 0 Å². The Kier molecular flexibility index (Phi) is 5.01. The fourth-order valence-corrected chi connectivity index (χ4v) is 3.14. The zero-order valence-corrected chi connectivity index (χ0v) is 11.4. The molecule has 0 spiro atoms. The molecule has 0 aromatic rings. The van der Waals surface area contributed by atoms with E-state index in [-0.39, 0.29) is 18.1 Å². The second-order valence-corrected chi connectivity index (χ2v) is 5.58. The van der Waals surface area contributed by atoms with Gasteiger partial charge in [0.2, 0.25) is 0 Å². The number of ether oxygens (including phenoxy) is 1. The Bertz CT molecular complexity index is 277. The summed E-state index contributed by atoms with van der Waals surface area (Å²) in [5, 5.41) is 0. The van der Waals surface area contributed by atoms with E-state index in [4.69, 9.17) is 10.5 Å². The smallest absolute Gasteiger partial charge is 0.251 e. The maximum atomic E-state index is 12.5. The zero-order valence-electron chi connectivity index (χ0n) is 11.4. The molecular weight excluding hydrogens is 228 g/mol. The minimum Gasteiger partial charge on any atom is -0.368 e. The van der Waals surface area contributed by atoms with Crippen molar-refractivity contribution in [3.63, 3.8) is 0 Å². The minimum absolute atomic E-state index is 0.180. The summed E-state index contributed by atoms with van der Waals surface area (Å²) < 4.78 is 5.61. The topological polar surface area (TPSA) is 55.6 Å². The van der Waals surface area contributed by atoms with Gasteiger partial charge in [-0.3, -0.25) is 4.79 Å². The number of likely N-dealkylation sites (tertiary alicyclic amines) is 1. The molecule has 0 aliphatic carbocycles. The fourth-order valence-electron chi connectivity index (χ4n) is 3.14. The van der Waals surface area contributed by atoms with E-state index in [0.717, 1.165) is 51.2 Å². The summed E-state index contributed by atoms with van der Waals surface area (Å²) in [7, 11) is 0. The van der Waals surface area contributed by atoms with Crippen molar-refractivity contribution in [1.29, 1.82) is 0 Å². The molecule has 0 bridgehead atoms. The van der Waals surface area contributed by atoms with Gasteiger partial charge < -0.3 is 15.4 Å². The number of carbonyl (C=O) groups is 1. The molecule has 0 saturated carbocycles. The average Bonchev–Trinajstić information content (AvgIpc) is 2.46. The zero-order chi connectivity index (χ0) is 13.0. The fraction of sp³-hybridized carbons (Fsp3) is 0.929. The number of nitrogens with zero attached hydrogens (tertiary/aromatic N) is 1. The van der Waals surface area contributed by atoms with E-state index < -0.39 is 0 Å². The molecule has 1 amide bonds. The normalized spacial score (nSPS) is 33.4. The van der Waals surface area contributed by atoms with E-state index >= 15 is 0 Å². The lowest BCUT2D eigenvalue weighted by molar-refractivity contribution is -0.150. The maximum absolute atomic E-state index is 12.5. The van der Waals surface area contributed by atoms with Crippen LogP contribution in [0.15, 0.2) is 0 Å². The van der Waals surface area contributed by atoms with E-state index in [1.807, 2.05) is 4.90 Å². The molecule has 3 atom stereocenters. The Balaban J connectivity index is 1.95. The van der Waals surface area contributed by atoms with Crippen molar-refractivity contribution in [3.05, 3.63) is 0 Å². The number of hydrogen-bond donors (Lipinski definition) is 1. The van der Waals surface area contributed by atoms with Crippen molar-refractivity contribution >= 4 is 5.91 Å². The number of nitrogens with two attached hydrogens (primary N) is 1. The van der Waals surface area contributed by atoms with E-state index in [0.29, 0.717) is 6.54 Å². The number of piperidine rings is 1. The second kappa shape index (κ2) is 6.53. The summed E-state index contributed by atoms with van der Waals surface area (Å²) in [5.74, 6) is 0.912. The highest BCUT2D eigenvalue weighted by Crippen LogP contribution is 2.27. The molecule has 4 nitrogen and oxygen atoms in total. The Morgan fingerprint density at radius 2 is 2.22 bits per heavy atom. The number of carbonyl (C=O) groups excluding carboxylic acids is 1. The van der Waals surface area contributed by atoms with E-state index in [1.54, 1.807) is 0 Å². The van der Waals surface area contributed by atoms with Crippen molar-refractivity contribution in [2.24, 2.45) is 11.7 Å². The highest BCUT2D eigenvalue weighted by atomic mass is 16.5. The monoisotopic (exact) mass is 254 g/mol. The molecule has 4 heteroatoms. The van der Waals surface area contributed by atoms with E-state index in [9.17, 15) is 4.79 Å². The first-order valence-electron chi connectivity index (χ1n) is 7.38. The van der Waals surface area contributed by atoms with Crippen LogP contribution >= 0.6 is 0 Å². The van der Waals surface area contributed by atoms with Crippen molar-refractivity contribution in [2.45, 2.75) is 57.6 Å². The first-order chi connectivity index (χ1) is 8.76. The number of hydrogen-bond acceptors (Lipinski definition) is 3. The summed E-state index contributed by atoms with van der Waals surface area (Å²) in [5.41, 5.74) is 5.84. The number of rotatable bonds is 3. The summed E-state index contributed by atoms with van der Waals surface area (Å²) in [6.45, 7) is 4.39. The SMILES string of the molecule is CCC1CCN(C(=O)C2CCCCO2)C(CN)C1. The quantitative estimate of drug-likeness (QED) is 0.831. The van der Waals surface area contributed by atoms with Crippen LogP contribution < -0.4 is 5.73 Å². The van der Waals surface area contributed by atoms with Crippen molar-refractivity contribution in [1.82, 2.24) is 4.90 Å². The number of amides is 1. The van der Waals surface area contributed by atoms with Crippen LogP contribution in [-0.2, 0) is 9.53 Å². The van der Waals surface area contributed by atoms with Crippen LogP contribution in [-0.4, -0.2) is 42.6 Å². The lowest BCUT2D eigenvalue weighted by Crippen LogP contribution is -2.53. The van der Waals surface area contributed by atoms with Crippen LogP contribution in [0.1, 0.15) is 45.4 Å². The third kappa shape index (κ3) is 3.04. The largest absolute Gasteiger partial charge is 0.368 e. The Hall–Kier alpha value is -0.610. The molecule has 2 saturated heterocycles. The van der Waals surface area contributed by atoms with Gasteiger partial charge in [0.05, 0.1) is 0 Å². The molecular formula is C14H26N2O2. The van der Waals surface area contributed by atoms with Gasteiger partial charge in [-0.1, -0.05) is 13.3 Å². The molecule has 2 heterocycles. The predicted molar refractivity (Wildman–Crippen MR) is 71.2 cm³/mol. The minimum atomic E-state index is -0.203. The first kappa shape index (κ1) is 13.8. The van der Waals surface area contributed by atoms with Gasteiger partial charge in [-0.2, -0.15) is 0 Å². The Morgan fingerprint density at radius 1 is 1.39 bits per heavy atom. The van der Waals surface area contributed by atoms with Crippen molar-refractivity contribution in [2.75, 3.05) is 19.7 Å². The highest BCUT2D eigenvalue weighted by molar-refractivity contribution is 5.81. The predicted octanol–water partition coefficient (Wildman–Crippen LogP) is 1.53. The highest BCUT2D eigenvalue weighted by Gasteiger charge is 2.34. The third-order valence-electron chi connectivity index (χ3n) is 4.41. The summed E-state index contributed by atoms with van der Waals surface area (Å²) in [6.07, 6.45) is 6.24. The molecule has 2 fully saturated rings.